The van der Waals surface area contributed by atoms with Gasteiger partial charge in [0.15, 0.2) is 5.65 Å². The molecule has 3 aromatic heterocycles. The molecule has 7 heteroatoms. The fraction of sp³-hybridized carbons (Fsp3) is 0.182. The zero-order valence-electron chi connectivity index (χ0n) is 15.5. The number of nitrogens with zero attached hydrogens (tertiary/aromatic N) is 4. The van der Waals surface area contributed by atoms with Crippen molar-refractivity contribution in [1.29, 1.82) is 0 Å². The Morgan fingerprint density at radius 2 is 2.03 bits per heavy atom. The molecule has 0 radical (unpaired) electrons. The summed E-state index contributed by atoms with van der Waals surface area (Å²) in [6.45, 7) is 0. The molecule has 0 spiro atoms. The monoisotopic (exact) mass is 387 g/mol. The quantitative estimate of drug-likeness (QED) is 0.565. The third-order valence-corrected chi connectivity index (χ3v) is 5.26. The molecule has 0 saturated heterocycles. The first-order chi connectivity index (χ1) is 14.2. The number of benzene rings is 1. The number of rotatable bonds is 4. The summed E-state index contributed by atoms with van der Waals surface area (Å²) in [6.07, 6.45) is 8.06. The van der Waals surface area contributed by atoms with Gasteiger partial charge in [-0.25, -0.2) is 14.1 Å². The highest BCUT2D eigenvalue weighted by Gasteiger charge is 2.25. The highest BCUT2D eigenvalue weighted by Crippen LogP contribution is 2.28. The Hall–Kier alpha value is -3.61. The van der Waals surface area contributed by atoms with Gasteiger partial charge in [-0.15, -0.1) is 5.10 Å². The molecule has 4 aromatic rings. The highest BCUT2D eigenvalue weighted by atomic mass is 19.1. The SMILES string of the molecule is O=C(Nc1ccc(F)c(-n2cc3cc(-c4ccccn4)cnc3n2)c1)C1CCC1. The zero-order chi connectivity index (χ0) is 19.8. The predicted molar refractivity (Wildman–Crippen MR) is 108 cm³/mol. The standard InChI is InChI=1S/C22H18FN5O/c23-18-8-7-17(26-22(29)14-4-3-5-14)11-20(18)28-13-16-10-15(12-25-21(16)27-28)19-6-1-2-9-24-19/h1-2,6-14H,3-5H2,(H,26,29). The van der Waals surface area contributed by atoms with Crippen molar-refractivity contribution < 1.29 is 9.18 Å². The van der Waals surface area contributed by atoms with Crippen molar-refractivity contribution in [3.05, 3.63) is 66.9 Å². The molecule has 1 aromatic carbocycles. The van der Waals surface area contributed by atoms with Crippen LogP contribution in [0.15, 0.2) is 61.1 Å². The van der Waals surface area contributed by atoms with Gasteiger partial charge in [-0.1, -0.05) is 12.5 Å². The van der Waals surface area contributed by atoms with Gasteiger partial charge < -0.3 is 5.32 Å². The highest BCUT2D eigenvalue weighted by molar-refractivity contribution is 5.93. The van der Waals surface area contributed by atoms with Crippen LogP contribution >= 0.6 is 0 Å². The van der Waals surface area contributed by atoms with E-state index in [-0.39, 0.29) is 17.5 Å². The molecule has 1 saturated carbocycles. The second kappa shape index (κ2) is 7.09. The summed E-state index contributed by atoms with van der Waals surface area (Å²) >= 11 is 0. The molecular formula is C22H18FN5O. The van der Waals surface area contributed by atoms with Crippen LogP contribution in [0.5, 0.6) is 0 Å². The number of anilines is 1. The summed E-state index contributed by atoms with van der Waals surface area (Å²) in [5, 5.41) is 8.04. The Balaban J connectivity index is 1.48. The van der Waals surface area contributed by atoms with Crippen molar-refractivity contribution in [2.75, 3.05) is 5.32 Å². The lowest BCUT2D eigenvalue weighted by Crippen LogP contribution is -2.28. The molecule has 1 amide bonds. The molecule has 1 aliphatic rings. The smallest absolute Gasteiger partial charge is 0.227 e. The van der Waals surface area contributed by atoms with Crippen LogP contribution in [0.25, 0.3) is 28.0 Å². The average molecular weight is 387 g/mol. The number of carbonyl (C=O) groups excluding carboxylic acids is 1. The third kappa shape index (κ3) is 3.35. The molecule has 0 aliphatic heterocycles. The van der Waals surface area contributed by atoms with Crippen molar-refractivity contribution in [2.24, 2.45) is 5.92 Å². The van der Waals surface area contributed by atoms with Gasteiger partial charge in [0, 0.05) is 41.1 Å². The Labute approximate surface area is 166 Å². The first-order valence-corrected chi connectivity index (χ1v) is 9.55. The number of hydrogen-bond donors (Lipinski definition) is 1. The van der Waals surface area contributed by atoms with E-state index >= 15 is 0 Å². The topological polar surface area (TPSA) is 72.7 Å². The van der Waals surface area contributed by atoms with Crippen molar-refractivity contribution in [3.8, 4) is 16.9 Å². The lowest BCUT2D eigenvalue weighted by molar-refractivity contribution is -0.122. The Morgan fingerprint density at radius 1 is 1.14 bits per heavy atom. The van der Waals surface area contributed by atoms with Gasteiger partial charge in [-0.3, -0.25) is 9.78 Å². The van der Waals surface area contributed by atoms with E-state index in [0.717, 1.165) is 35.9 Å². The van der Waals surface area contributed by atoms with E-state index in [0.29, 0.717) is 11.3 Å². The van der Waals surface area contributed by atoms with Crippen LogP contribution in [-0.4, -0.2) is 25.7 Å². The molecule has 6 nitrogen and oxygen atoms in total. The molecular weight excluding hydrogens is 369 g/mol. The van der Waals surface area contributed by atoms with Crippen LogP contribution in [0.1, 0.15) is 19.3 Å². The van der Waals surface area contributed by atoms with Gasteiger partial charge >= 0.3 is 0 Å². The number of hydrogen-bond acceptors (Lipinski definition) is 4. The predicted octanol–water partition coefficient (Wildman–Crippen LogP) is 4.36. The van der Waals surface area contributed by atoms with Crippen LogP contribution in [-0.2, 0) is 4.79 Å². The fourth-order valence-electron chi connectivity index (χ4n) is 3.39. The first-order valence-electron chi connectivity index (χ1n) is 9.55. The summed E-state index contributed by atoms with van der Waals surface area (Å²) < 4.78 is 16.0. The lowest BCUT2D eigenvalue weighted by atomic mass is 9.85. The Bertz CT molecular complexity index is 1200. The van der Waals surface area contributed by atoms with E-state index in [1.807, 2.05) is 24.3 Å². The van der Waals surface area contributed by atoms with Crippen molar-refractivity contribution in [2.45, 2.75) is 19.3 Å². The minimum absolute atomic E-state index is 0.0129. The van der Waals surface area contributed by atoms with Crippen LogP contribution < -0.4 is 5.32 Å². The van der Waals surface area contributed by atoms with Crippen LogP contribution in [0.4, 0.5) is 10.1 Å². The summed E-state index contributed by atoms with van der Waals surface area (Å²) in [5.41, 5.74) is 2.99. The number of amides is 1. The van der Waals surface area contributed by atoms with Crippen molar-refractivity contribution in [1.82, 2.24) is 19.7 Å². The molecule has 1 N–H and O–H groups in total. The van der Waals surface area contributed by atoms with Gasteiger partial charge in [0.1, 0.15) is 11.5 Å². The lowest BCUT2D eigenvalue weighted by Gasteiger charge is -2.24. The summed E-state index contributed by atoms with van der Waals surface area (Å²) in [7, 11) is 0. The van der Waals surface area contributed by atoms with Crippen LogP contribution in [0.3, 0.4) is 0 Å². The zero-order valence-corrected chi connectivity index (χ0v) is 15.5. The number of nitrogens with one attached hydrogen (secondary N) is 1. The van der Waals surface area contributed by atoms with Crippen LogP contribution in [0, 0.1) is 11.7 Å². The van der Waals surface area contributed by atoms with E-state index in [4.69, 9.17) is 0 Å². The van der Waals surface area contributed by atoms with Gasteiger partial charge in [0.25, 0.3) is 0 Å². The minimum atomic E-state index is -0.426. The van der Waals surface area contributed by atoms with Gasteiger partial charge in [0.05, 0.1) is 5.69 Å². The average Bonchev–Trinajstić information content (AvgIpc) is 3.12. The number of aromatic nitrogens is 4. The maximum atomic E-state index is 14.5. The summed E-state index contributed by atoms with van der Waals surface area (Å²) in [6, 6.07) is 12.1. The van der Waals surface area contributed by atoms with Gasteiger partial charge in [0.2, 0.25) is 5.91 Å². The molecule has 5 rings (SSSR count). The third-order valence-electron chi connectivity index (χ3n) is 5.26. The molecule has 0 bridgehead atoms. The number of carbonyl (C=O) groups is 1. The first kappa shape index (κ1) is 17.5. The maximum absolute atomic E-state index is 14.5. The second-order valence-corrected chi connectivity index (χ2v) is 7.21. The molecule has 29 heavy (non-hydrogen) atoms. The molecule has 0 atom stereocenters. The van der Waals surface area contributed by atoms with Gasteiger partial charge in [-0.05, 0) is 49.2 Å². The van der Waals surface area contributed by atoms with E-state index in [2.05, 4.69) is 20.4 Å². The summed E-state index contributed by atoms with van der Waals surface area (Å²) in [5.74, 6) is -0.379. The number of pyridine rings is 2. The molecule has 1 aliphatic carbocycles. The molecule has 144 valence electrons. The van der Waals surface area contributed by atoms with Crippen molar-refractivity contribution in [3.63, 3.8) is 0 Å². The largest absolute Gasteiger partial charge is 0.326 e. The number of halogens is 1. The molecule has 3 heterocycles. The maximum Gasteiger partial charge on any atom is 0.227 e. The van der Waals surface area contributed by atoms with Crippen molar-refractivity contribution >= 4 is 22.6 Å². The van der Waals surface area contributed by atoms with E-state index in [1.54, 1.807) is 30.7 Å². The summed E-state index contributed by atoms with van der Waals surface area (Å²) in [4.78, 5) is 20.9. The van der Waals surface area contributed by atoms with E-state index < -0.39 is 5.82 Å². The molecule has 1 fully saturated rings. The minimum Gasteiger partial charge on any atom is -0.326 e. The van der Waals surface area contributed by atoms with E-state index in [1.165, 1.54) is 10.7 Å². The fourth-order valence-corrected chi connectivity index (χ4v) is 3.39. The second-order valence-electron chi connectivity index (χ2n) is 7.21. The van der Waals surface area contributed by atoms with E-state index in [9.17, 15) is 9.18 Å². The number of fused-ring (bicyclic) bond motifs is 1. The van der Waals surface area contributed by atoms with Crippen LogP contribution in [0.2, 0.25) is 0 Å². The Morgan fingerprint density at radius 3 is 2.79 bits per heavy atom. The van der Waals surface area contributed by atoms with Gasteiger partial charge in [-0.2, -0.15) is 0 Å². The normalized spacial score (nSPS) is 14.0. The Kier molecular flexibility index (Phi) is 4.27. The molecule has 0 unspecified atom stereocenters.